The van der Waals surface area contributed by atoms with Crippen molar-refractivity contribution < 1.29 is 9.63 Å². The van der Waals surface area contributed by atoms with Gasteiger partial charge in [0.05, 0.1) is 0 Å². The van der Waals surface area contributed by atoms with Gasteiger partial charge in [-0.25, -0.2) is 9.63 Å². The molecule has 2 amide bonds. The molecule has 0 radical (unpaired) electrons. The summed E-state index contributed by atoms with van der Waals surface area (Å²) in [6.07, 6.45) is 2.26. The van der Waals surface area contributed by atoms with Gasteiger partial charge in [0.15, 0.2) is 0 Å². The van der Waals surface area contributed by atoms with E-state index in [0.29, 0.717) is 5.92 Å². The maximum absolute atomic E-state index is 11.8. The lowest BCUT2D eigenvalue weighted by Gasteiger charge is -2.03. The van der Waals surface area contributed by atoms with Gasteiger partial charge in [-0.05, 0) is 18.3 Å². The van der Waals surface area contributed by atoms with Gasteiger partial charge in [-0.15, -0.1) is 0 Å². The zero-order chi connectivity index (χ0) is 12.5. The highest BCUT2D eigenvalue weighted by Crippen LogP contribution is 2.41. The molecule has 0 aromatic heterocycles. The van der Waals surface area contributed by atoms with Crippen molar-refractivity contribution in [1.82, 2.24) is 10.4 Å². The number of carbonyl (C=O) groups is 1. The van der Waals surface area contributed by atoms with Crippen LogP contribution < -0.4 is 5.32 Å². The molecule has 2 aliphatic rings. The number of amides is 2. The van der Waals surface area contributed by atoms with Crippen LogP contribution in [0.4, 0.5) is 4.79 Å². The molecule has 3 rings (SSSR count). The van der Waals surface area contributed by atoms with Crippen LogP contribution >= 0.6 is 0 Å². The van der Waals surface area contributed by atoms with Crippen LogP contribution in [0, 0.1) is 11.8 Å². The van der Waals surface area contributed by atoms with Gasteiger partial charge < -0.3 is 5.32 Å². The number of nitrogens with one attached hydrogen (secondary N) is 1. The van der Waals surface area contributed by atoms with E-state index in [1.54, 1.807) is 0 Å². The first kappa shape index (κ1) is 11.5. The fourth-order valence-corrected chi connectivity index (χ4v) is 2.41. The van der Waals surface area contributed by atoms with Crippen molar-refractivity contribution in [2.75, 3.05) is 6.54 Å². The molecule has 96 valence electrons. The van der Waals surface area contributed by atoms with Crippen LogP contribution in [0.2, 0.25) is 0 Å². The van der Waals surface area contributed by atoms with Gasteiger partial charge in [-0.3, -0.25) is 0 Å². The lowest BCUT2D eigenvalue weighted by Crippen LogP contribution is -2.30. The molecule has 4 nitrogen and oxygen atoms in total. The average molecular weight is 246 g/mol. The van der Waals surface area contributed by atoms with Crippen LogP contribution in [-0.4, -0.2) is 17.6 Å². The van der Waals surface area contributed by atoms with E-state index in [0.717, 1.165) is 18.0 Å². The van der Waals surface area contributed by atoms with Crippen molar-refractivity contribution in [3.8, 4) is 0 Å². The second-order valence-corrected chi connectivity index (χ2v) is 5.04. The highest BCUT2D eigenvalue weighted by Gasteiger charge is 2.43. The Kier molecular flexibility index (Phi) is 2.96. The summed E-state index contributed by atoms with van der Waals surface area (Å²) < 4.78 is 0. The molecule has 1 aliphatic carbocycles. The highest BCUT2D eigenvalue weighted by atomic mass is 16.8. The molecule has 4 heteroatoms. The first-order chi connectivity index (χ1) is 8.79. The van der Waals surface area contributed by atoms with Crippen LogP contribution in [-0.2, 0) is 4.84 Å². The molecule has 1 saturated heterocycles. The second kappa shape index (κ2) is 4.61. The van der Waals surface area contributed by atoms with E-state index in [1.807, 2.05) is 30.3 Å². The fourth-order valence-electron chi connectivity index (χ4n) is 2.41. The molecule has 2 fully saturated rings. The average Bonchev–Trinajstić information content (AvgIpc) is 3.30. The monoisotopic (exact) mass is 246 g/mol. The number of hydrogen-bond acceptors (Lipinski definition) is 2. The van der Waals surface area contributed by atoms with E-state index in [2.05, 4.69) is 12.2 Å². The molecule has 1 N–H and O–H groups in total. The summed E-state index contributed by atoms with van der Waals surface area (Å²) in [5.74, 6) is 1.49. The van der Waals surface area contributed by atoms with Crippen molar-refractivity contribution in [3.63, 3.8) is 0 Å². The van der Waals surface area contributed by atoms with Crippen molar-refractivity contribution in [2.24, 2.45) is 11.8 Å². The predicted octanol–water partition coefficient (Wildman–Crippen LogP) is 2.69. The molecular formula is C14H18N2O2. The van der Waals surface area contributed by atoms with Crippen molar-refractivity contribution in [1.29, 1.82) is 0 Å². The minimum Gasteiger partial charge on any atom is -0.336 e. The smallest absolute Gasteiger partial charge is 0.336 e. The molecule has 1 aromatic carbocycles. The minimum absolute atomic E-state index is 0.120. The van der Waals surface area contributed by atoms with Gasteiger partial charge in [-0.1, -0.05) is 43.7 Å². The lowest BCUT2D eigenvalue weighted by molar-refractivity contribution is 0.176. The molecule has 1 saturated carbocycles. The topological polar surface area (TPSA) is 44.6 Å². The number of hydrogen-bond donors (Lipinski definition) is 1. The first-order valence-corrected chi connectivity index (χ1v) is 6.58. The maximum atomic E-state index is 11.8. The fraction of sp³-hybridized carbons (Fsp3) is 0.500. The largest absolute Gasteiger partial charge is 0.344 e. The number of hydroxylamine groups is 2. The maximum Gasteiger partial charge on any atom is 0.344 e. The summed E-state index contributed by atoms with van der Waals surface area (Å²) in [6.45, 7) is 2.98. The third kappa shape index (κ3) is 2.34. The Balaban J connectivity index is 1.45. The summed E-state index contributed by atoms with van der Waals surface area (Å²) in [7, 11) is 0. The molecule has 3 atom stereocenters. The number of urea groups is 1. The molecular weight excluding hydrogens is 228 g/mol. The van der Waals surface area contributed by atoms with Gasteiger partial charge in [0.2, 0.25) is 6.23 Å². The summed E-state index contributed by atoms with van der Waals surface area (Å²) in [6, 6.07) is 9.66. The van der Waals surface area contributed by atoms with E-state index in [9.17, 15) is 4.79 Å². The van der Waals surface area contributed by atoms with Gasteiger partial charge >= 0.3 is 6.03 Å². The van der Waals surface area contributed by atoms with Crippen LogP contribution in [0.5, 0.6) is 0 Å². The minimum atomic E-state index is -0.202. The molecule has 1 aliphatic heterocycles. The third-order valence-electron chi connectivity index (χ3n) is 3.77. The van der Waals surface area contributed by atoms with E-state index >= 15 is 0 Å². The molecule has 1 aromatic rings. The summed E-state index contributed by atoms with van der Waals surface area (Å²) in [4.78, 5) is 17.1. The van der Waals surface area contributed by atoms with E-state index in [-0.39, 0.29) is 12.3 Å². The summed E-state index contributed by atoms with van der Waals surface area (Å²) in [5.41, 5.74) is 1.02. The molecule has 1 unspecified atom stereocenters. The highest BCUT2D eigenvalue weighted by molar-refractivity contribution is 5.75. The quantitative estimate of drug-likeness (QED) is 0.830. The SMILES string of the molecule is CC[C@H]1C[C@@H]1CNC(=O)N1OC1c1ccccc1. The summed E-state index contributed by atoms with van der Waals surface area (Å²) in [5, 5.41) is 4.33. The zero-order valence-corrected chi connectivity index (χ0v) is 10.5. The zero-order valence-electron chi connectivity index (χ0n) is 10.5. The van der Waals surface area contributed by atoms with Crippen LogP contribution in [0.25, 0.3) is 0 Å². The summed E-state index contributed by atoms with van der Waals surface area (Å²) >= 11 is 0. The third-order valence-corrected chi connectivity index (χ3v) is 3.77. The second-order valence-electron chi connectivity index (χ2n) is 5.04. The van der Waals surface area contributed by atoms with Crippen LogP contribution in [0.1, 0.15) is 31.6 Å². The Hall–Kier alpha value is -1.55. The number of benzene rings is 1. The van der Waals surface area contributed by atoms with Crippen LogP contribution in [0.15, 0.2) is 30.3 Å². The van der Waals surface area contributed by atoms with Gasteiger partial charge in [0.25, 0.3) is 0 Å². The number of nitrogens with zero attached hydrogens (tertiary/aromatic N) is 1. The lowest BCUT2D eigenvalue weighted by atomic mass is 10.2. The van der Waals surface area contributed by atoms with Crippen molar-refractivity contribution in [2.45, 2.75) is 26.0 Å². The first-order valence-electron chi connectivity index (χ1n) is 6.58. The van der Waals surface area contributed by atoms with Crippen LogP contribution in [0.3, 0.4) is 0 Å². The Morgan fingerprint density at radius 3 is 2.83 bits per heavy atom. The van der Waals surface area contributed by atoms with Gasteiger partial charge in [0.1, 0.15) is 0 Å². The Morgan fingerprint density at radius 1 is 1.39 bits per heavy atom. The Morgan fingerprint density at radius 2 is 2.17 bits per heavy atom. The van der Waals surface area contributed by atoms with E-state index < -0.39 is 0 Å². The van der Waals surface area contributed by atoms with Gasteiger partial charge in [0, 0.05) is 12.1 Å². The van der Waals surface area contributed by atoms with Crippen molar-refractivity contribution in [3.05, 3.63) is 35.9 Å². The van der Waals surface area contributed by atoms with Gasteiger partial charge in [-0.2, -0.15) is 5.06 Å². The number of rotatable bonds is 4. The Bertz CT molecular complexity index is 435. The molecule has 1 heterocycles. The van der Waals surface area contributed by atoms with E-state index in [4.69, 9.17) is 4.84 Å². The predicted molar refractivity (Wildman–Crippen MR) is 67.4 cm³/mol. The molecule has 0 bridgehead atoms. The molecule has 0 spiro atoms. The van der Waals surface area contributed by atoms with E-state index in [1.165, 1.54) is 17.9 Å². The standard InChI is InChI=1S/C14H18N2O2/c1-2-10-8-12(10)9-15-14(17)16-13(18-16)11-6-4-3-5-7-11/h3-7,10,12-13H,2,8-9H2,1H3,(H,15,17)/t10-,12+,13?,16?/m0/s1. The molecule has 18 heavy (non-hydrogen) atoms. The van der Waals surface area contributed by atoms with Crippen molar-refractivity contribution >= 4 is 6.03 Å². The number of carbonyl (C=O) groups excluding carboxylic acids is 1. The Labute approximate surface area is 107 Å². The normalized spacial score (nSPS) is 28.9.